The number of hydrogen-bond acceptors (Lipinski definition) is 2. The highest BCUT2D eigenvalue weighted by molar-refractivity contribution is 5.83. The normalized spacial score (nSPS) is 33.1. The highest BCUT2D eigenvalue weighted by Gasteiger charge is 2.59. The second-order valence-corrected chi connectivity index (χ2v) is 7.19. The van der Waals surface area contributed by atoms with E-state index in [0.717, 1.165) is 43.2 Å². The van der Waals surface area contributed by atoms with Crippen molar-refractivity contribution in [3.05, 3.63) is 34.9 Å². The van der Waals surface area contributed by atoms with Crippen LogP contribution < -0.4 is 5.73 Å². The molecule has 22 heavy (non-hydrogen) atoms. The van der Waals surface area contributed by atoms with Gasteiger partial charge in [-0.05, 0) is 60.8 Å². The van der Waals surface area contributed by atoms with E-state index in [1.807, 2.05) is 0 Å². The van der Waals surface area contributed by atoms with Crippen LogP contribution in [0.2, 0.25) is 0 Å². The Morgan fingerprint density at radius 3 is 2.23 bits per heavy atom. The van der Waals surface area contributed by atoms with Gasteiger partial charge in [-0.15, -0.1) is 0 Å². The van der Waals surface area contributed by atoms with Crippen molar-refractivity contribution in [2.45, 2.75) is 51.2 Å². The molecule has 1 spiro atoms. The van der Waals surface area contributed by atoms with E-state index in [-0.39, 0.29) is 23.3 Å². The molecule has 0 saturated heterocycles. The molecule has 0 radical (unpaired) electrons. The Bertz CT molecular complexity index is 607. The van der Waals surface area contributed by atoms with Gasteiger partial charge in [0, 0.05) is 25.0 Å². The minimum Gasteiger partial charge on any atom is -0.334 e. The number of nitrogens with zero attached hydrogens (tertiary/aromatic N) is 1. The van der Waals surface area contributed by atoms with Gasteiger partial charge in [0.05, 0.1) is 0 Å². The van der Waals surface area contributed by atoms with Crippen LogP contribution in [-0.2, 0) is 17.9 Å². The maximum Gasteiger partial charge on any atom is 0.226 e. The van der Waals surface area contributed by atoms with E-state index < -0.39 is 11.6 Å². The molecule has 3 nitrogen and oxygen atoms in total. The number of carbonyl (C=O) groups is 1. The molecule has 2 fully saturated rings. The third kappa shape index (κ3) is 2.14. The van der Waals surface area contributed by atoms with Crippen LogP contribution in [0.3, 0.4) is 0 Å². The molecule has 2 saturated carbocycles. The molecule has 2 N–H and O–H groups in total. The maximum atomic E-state index is 13.3. The molecular formula is C17H20F2N2O. The number of hydrogen-bond donors (Lipinski definition) is 1. The van der Waals surface area contributed by atoms with Gasteiger partial charge < -0.3 is 10.6 Å². The Morgan fingerprint density at radius 2 is 1.68 bits per heavy atom. The van der Waals surface area contributed by atoms with Gasteiger partial charge in [-0.3, -0.25) is 4.79 Å². The molecule has 2 aliphatic carbocycles. The van der Waals surface area contributed by atoms with Crippen LogP contribution in [-0.4, -0.2) is 16.8 Å². The quantitative estimate of drug-likeness (QED) is 0.867. The zero-order chi connectivity index (χ0) is 15.5. The van der Waals surface area contributed by atoms with E-state index in [0.29, 0.717) is 13.1 Å². The molecule has 1 atom stereocenters. The monoisotopic (exact) mass is 306 g/mol. The molecule has 3 aliphatic rings. The first-order valence-corrected chi connectivity index (χ1v) is 8.00. The Balaban J connectivity index is 1.46. The number of rotatable bonds is 1. The van der Waals surface area contributed by atoms with Crippen LogP contribution in [0.25, 0.3) is 0 Å². The van der Waals surface area contributed by atoms with Crippen LogP contribution in [0.4, 0.5) is 8.78 Å². The zero-order valence-corrected chi connectivity index (χ0v) is 12.4. The fraction of sp³-hybridized carbons (Fsp3) is 0.588. The van der Waals surface area contributed by atoms with Gasteiger partial charge in [-0.25, -0.2) is 8.78 Å². The molecular weight excluding hydrogens is 286 g/mol. The van der Waals surface area contributed by atoms with Crippen molar-refractivity contribution in [1.82, 2.24) is 4.90 Å². The second-order valence-electron chi connectivity index (χ2n) is 7.19. The lowest BCUT2D eigenvalue weighted by atomic mass is 9.82. The topological polar surface area (TPSA) is 46.3 Å². The van der Waals surface area contributed by atoms with E-state index in [1.54, 1.807) is 4.90 Å². The summed E-state index contributed by atoms with van der Waals surface area (Å²) in [5.74, 6) is -1.44. The number of halogens is 2. The van der Waals surface area contributed by atoms with Crippen LogP contribution in [0.5, 0.6) is 0 Å². The lowest BCUT2D eigenvalue weighted by molar-refractivity contribution is -0.134. The third-order valence-corrected chi connectivity index (χ3v) is 5.79. The number of benzene rings is 1. The largest absolute Gasteiger partial charge is 0.334 e. The summed E-state index contributed by atoms with van der Waals surface area (Å²) in [5, 5.41) is 0. The Labute approximate surface area is 128 Å². The van der Waals surface area contributed by atoms with E-state index in [4.69, 9.17) is 5.73 Å². The summed E-state index contributed by atoms with van der Waals surface area (Å²) in [6.07, 6.45) is 5.03. The van der Waals surface area contributed by atoms with Gasteiger partial charge in [-0.2, -0.15) is 0 Å². The summed E-state index contributed by atoms with van der Waals surface area (Å²) in [4.78, 5) is 14.5. The van der Waals surface area contributed by atoms with Crippen molar-refractivity contribution >= 4 is 5.91 Å². The summed E-state index contributed by atoms with van der Waals surface area (Å²) < 4.78 is 26.6. The standard InChI is InChI=1S/C17H20F2N2O/c18-14-5-10-8-21(9-11(10)6-15(14)19)16(22)13-7-17(13)3-1-12(20)2-4-17/h5-6,12-13H,1-4,7-9,20H2. The summed E-state index contributed by atoms with van der Waals surface area (Å²) >= 11 is 0. The molecule has 0 bridgehead atoms. The molecule has 118 valence electrons. The average molecular weight is 306 g/mol. The minimum atomic E-state index is -0.836. The predicted molar refractivity (Wildman–Crippen MR) is 77.6 cm³/mol. The zero-order valence-electron chi connectivity index (χ0n) is 12.4. The Kier molecular flexibility index (Phi) is 3.05. The number of fused-ring (bicyclic) bond motifs is 1. The van der Waals surface area contributed by atoms with E-state index in [1.165, 1.54) is 12.1 Å². The van der Waals surface area contributed by atoms with Crippen LogP contribution in [0, 0.1) is 23.0 Å². The summed E-state index contributed by atoms with van der Waals surface area (Å²) in [6, 6.07) is 2.73. The van der Waals surface area contributed by atoms with E-state index >= 15 is 0 Å². The molecule has 5 heteroatoms. The van der Waals surface area contributed by atoms with Crippen LogP contribution in [0.15, 0.2) is 12.1 Å². The maximum absolute atomic E-state index is 13.3. The predicted octanol–water partition coefficient (Wildman–Crippen LogP) is 2.71. The fourth-order valence-electron chi connectivity index (χ4n) is 4.23. The van der Waals surface area contributed by atoms with Crippen LogP contribution >= 0.6 is 0 Å². The minimum absolute atomic E-state index is 0.0870. The van der Waals surface area contributed by atoms with Crippen molar-refractivity contribution in [1.29, 1.82) is 0 Å². The Morgan fingerprint density at radius 1 is 1.14 bits per heavy atom. The van der Waals surface area contributed by atoms with Crippen molar-refractivity contribution in [2.24, 2.45) is 17.1 Å². The number of nitrogens with two attached hydrogens (primary N) is 1. The van der Waals surface area contributed by atoms with Crippen molar-refractivity contribution in [3.63, 3.8) is 0 Å². The van der Waals surface area contributed by atoms with Gasteiger partial charge in [0.25, 0.3) is 0 Å². The highest BCUT2D eigenvalue weighted by atomic mass is 19.2. The Hall–Kier alpha value is -1.49. The van der Waals surface area contributed by atoms with E-state index in [9.17, 15) is 13.6 Å². The first-order chi connectivity index (χ1) is 10.5. The number of amides is 1. The second kappa shape index (κ2) is 4.75. The first kappa shape index (κ1) is 14.1. The molecule has 1 aromatic carbocycles. The molecule has 1 unspecified atom stereocenters. The van der Waals surface area contributed by atoms with Gasteiger partial charge >= 0.3 is 0 Å². The number of carbonyl (C=O) groups excluding carboxylic acids is 1. The third-order valence-electron chi connectivity index (χ3n) is 5.79. The van der Waals surface area contributed by atoms with Crippen molar-refractivity contribution in [3.8, 4) is 0 Å². The molecule has 1 aromatic rings. The van der Waals surface area contributed by atoms with Gasteiger partial charge in [0.15, 0.2) is 11.6 Å². The molecule has 1 heterocycles. The molecule has 4 rings (SSSR count). The molecule has 1 amide bonds. The summed E-state index contributed by atoms with van der Waals surface area (Å²) in [5.41, 5.74) is 7.57. The fourth-order valence-corrected chi connectivity index (χ4v) is 4.23. The van der Waals surface area contributed by atoms with Crippen molar-refractivity contribution < 1.29 is 13.6 Å². The molecule has 1 aliphatic heterocycles. The lowest BCUT2D eigenvalue weighted by Crippen LogP contribution is -2.32. The summed E-state index contributed by atoms with van der Waals surface area (Å²) in [7, 11) is 0. The van der Waals surface area contributed by atoms with Crippen LogP contribution in [0.1, 0.15) is 43.2 Å². The van der Waals surface area contributed by atoms with E-state index in [2.05, 4.69) is 0 Å². The highest BCUT2D eigenvalue weighted by Crippen LogP contribution is 2.62. The first-order valence-electron chi connectivity index (χ1n) is 8.00. The average Bonchev–Trinajstić information content (AvgIpc) is 3.05. The van der Waals surface area contributed by atoms with Gasteiger partial charge in [0.2, 0.25) is 5.91 Å². The van der Waals surface area contributed by atoms with Crippen molar-refractivity contribution in [2.75, 3.05) is 0 Å². The van der Waals surface area contributed by atoms with Gasteiger partial charge in [-0.1, -0.05) is 0 Å². The summed E-state index contributed by atoms with van der Waals surface area (Å²) in [6.45, 7) is 0.801. The smallest absolute Gasteiger partial charge is 0.226 e. The lowest BCUT2D eigenvalue weighted by Gasteiger charge is -2.27. The SMILES string of the molecule is NC1CCC2(CC1)CC2C(=O)N1Cc2cc(F)c(F)cc2C1. The van der Waals surface area contributed by atoms with Gasteiger partial charge in [0.1, 0.15) is 0 Å². The molecule has 0 aromatic heterocycles.